The number of hydrogen-bond acceptors (Lipinski definition) is 3. The first-order chi connectivity index (χ1) is 8.62. The highest BCUT2D eigenvalue weighted by Crippen LogP contribution is 2.29. The number of halogens is 1. The average molecular weight is 285 g/mol. The van der Waals surface area contributed by atoms with Gasteiger partial charge in [0.2, 0.25) is 0 Å². The molecule has 0 saturated carbocycles. The molecule has 0 atom stereocenters. The maximum Gasteiger partial charge on any atom is 0.323 e. The molecule has 0 radical (unpaired) electrons. The number of nitrogens with two attached hydrogens (primary N) is 1. The molecule has 5 nitrogen and oxygen atoms in total. The maximum atomic E-state index is 11.5. The summed E-state index contributed by atoms with van der Waals surface area (Å²) in [5.74, 6) is -1.63. The van der Waals surface area contributed by atoms with Crippen LogP contribution in [0.1, 0.15) is 31.1 Å². The predicted molar refractivity (Wildman–Crippen MR) is 74.7 cm³/mol. The zero-order valence-electron chi connectivity index (χ0n) is 11.1. The first-order valence-electron chi connectivity index (χ1n) is 5.71. The SMILES string of the molecule is CC(C)(C)N(CC(=O)O)c1ccc(Cl)cc1C(N)=O. The van der Waals surface area contributed by atoms with Gasteiger partial charge in [-0.3, -0.25) is 9.59 Å². The van der Waals surface area contributed by atoms with Crippen LogP contribution >= 0.6 is 11.6 Å². The van der Waals surface area contributed by atoms with Crippen molar-refractivity contribution in [1.29, 1.82) is 0 Å². The summed E-state index contributed by atoms with van der Waals surface area (Å²) in [7, 11) is 0. The summed E-state index contributed by atoms with van der Waals surface area (Å²) >= 11 is 5.84. The van der Waals surface area contributed by atoms with Crippen LogP contribution in [0.25, 0.3) is 0 Å². The summed E-state index contributed by atoms with van der Waals surface area (Å²) in [6.45, 7) is 5.34. The third-order valence-corrected chi connectivity index (χ3v) is 2.85. The van der Waals surface area contributed by atoms with Crippen molar-refractivity contribution in [2.24, 2.45) is 5.73 Å². The van der Waals surface area contributed by atoms with Gasteiger partial charge in [-0.15, -0.1) is 0 Å². The Hall–Kier alpha value is -1.75. The van der Waals surface area contributed by atoms with Gasteiger partial charge in [-0.1, -0.05) is 11.6 Å². The number of amides is 1. The molecule has 104 valence electrons. The average Bonchev–Trinajstić information content (AvgIpc) is 2.24. The Labute approximate surface area is 117 Å². The smallest absolute Gasteiger partial charge is 0.323 e. The number of anilines is 1. The lowest BCUT2D eigenvalue weighted by atomic mass is 10.0. The number of carbonyl (C=O) groups is 2. The van der Waals surface area contributed by atoms with Gasteiger partial charge >= 0.3 is 5.97 Å². The van der Waals surface area contributed by atoms with Crippen LogP contribution in [0, 0.1) is 0 Å². The second kappa shape index (κ2) is 5.48. The number of hydrogen-bond donors (Lipinski definition) is 2. The number of carboxylic acids is 1. The van der Waals surface area contributed by atoms with Crippen molar-refractivity contribution in [1.82, 2.24) is 0 Å². The summed E-state index contributed by atoms with van der Waals surface area (Å²) in [5, 5.41) is 9.39. The summed E-state index contributed by atoms with van der Waals surface area (Å²) in [6, 6.07) is 4.65. The molecule has 6 heteroatoms. The van der Waals surface area contributed by atoms with Crippen molar-refractivity contribution >= 4 is 29.2 Å². The number of carbonyl (C=O) groups excluding carboxylic acids is 1. The Kier molecular flexibility index (Phi) is 4.42. The molecule has 1 rings (SSSR count). The highest BCUT2D eigenvalue weighted by atomic mass is 35.5. The number of aliphatic carboxylic acids is 1. The minimum atomic E-state index is -0.986. The zero-order chi connectivity index (χ0) is 14.8. The van der Waals surface area contributed by atoms with E-state index in [0.29, 0.717) is 10.7 Å². The molecular weight excluding hydrogens is 268 g/mol. The number of carboxylic acid groups (broad SMARTS) is 1. The van der Waals surface area contributed by atoms with Gasteiger partial charge in [0, 0.05) is 10.6 Å². The van der Waals surface area contributed by atoms with Crippen molar-refractivity contribution in [3.05, 3.63) is 28.8 Å². The first-order valence-corrected chi connectivity index (χ1v) is 6.09. The van der Waals surface area contributed by atoms with Crippen molar-refractivity contribution in [3.63, 3.8) is 0 Å². The van der Waals surface area contributed by atoms with Crippen molar-refractivity contribution < 1.29 is 14.7 Å². The molecule has 0 saturated heterocycles. The Morgan fingerprint density at radius 1 is 1.37 bits per heavy atom. The highest BCUT2D eigenvalue weighted by molar-refractivity contribution is 6.31. The lowest BCUT2D eigenvalue weighted by Crippen LogP contribution is -2.45. The van der Waals surface area contributed by atoms with Gasteiger partial charge in [0.25, 0.3) is 5.91 Å². The second-order valence-electron chi connectivity index (χ2n) is 5.18. The number of nitrogens with zero attached hydrogens (tertiary/aromatic N) is 1. The fraction of sp³-hybridized carbons (Fsp3) is 0.385. The van der Waals surface area contributed by atoms with E-state index in [4.69, 9.17) is 22.4 Å². The molecule has 1 amide bonds. The van der Waals surface area contributed by atoms with E-state index in [1.54, 1.807) is 17.0 Å². The second-order valence-corrected chi connectivity index (χ2v) is 5.61. The van der Waals surface area contributed by atoms with E-state index in [0.717, 1.165) is 0 Å². The monoisotopic (exact) mass is 284 g/mol. The Bertz CT molecular complexity index is 509. The van der Waals surface area contributed by atoms with Crippen LogP contribution in [-0.4, -0.2) is 29.1 Å². The van der Waals surface area contributed by atoms with Gasteiger partial charge < -0.3 is 15.7 Å². The molecule has 0 aromatic heterocycles. The molecule has 0 heterocycles. The molecule has 0 unspecified atom stereocenters. The van der Waals surface area contributed by atoms with Crippen molar-refractivity contribution in [2.45, 2.75) is 26.3 Å². The summed E-state index contributed by atoms with van der Waals surface area (Å²) in [5.41, 5.74) is 5.52. The van der Waals surface area contributed by atoms with Crippen LogP contribution in [0.5, 0.6) is 0 Å². The molecular formula is C13H17ClN2O3. The van der Waals surface area contributed by atoms with Crippen LogP contribution in [0.4, 0.5) is 5.69 Å². The van der Waals surface area contributed by atoms with Crippen LogP contribution in [0.2, 0.25) is 5.02 Å². The van der Waals surface area contributed by atoms with Crippen LogP contribution < -0.4 is 10.6 Å². The molecule has 1 aromatic rings. The van der Waals surface area contributed by atoms with Crippen molar-refractivity contribution in [2.75, 3.05) is 11.4 Å². The molecule has 0 aliphatic heterocycles. The van der Waals surface area contributed by atoms with Gasteiger partial charge in [0.1, 0.15) is 6.54 Å². The molecule has 0 fully saturated rings. The highest BCUT2D eigenvalue weighted by Gasteiger charge is 2.27. The van der Waals surface area contributed by atoms with Crippen LogP contribution in [0.3, 0.4) is 0 Å². The Morgan fingerprint density at radius 2 is 1.95 bits per heavy atom. The fourth-order valence-electron chi connectivity index (χ4n) is 1.76. The molecule has 3 N–H and O–H groups in total. The van der Waals surface area contributed by atoms with E-state index in [1.165, 1.54) is 6.07 Å². The van der Waals surface area contributed by atoms with Gasteiger partial charge in [-0.25, -0.2) is 0 Å². The molecule has 0 aliphatic rings. The predicted octanol–water partition coefficient (Wildman–Crippen LogP) is 2.13. The Morgan fingerprint density at radius 3 is 2.37 bits per heavy atom. The minimum Gasteiger partial charge on any atom is -0.480 e. The first kappa shape index (κ1) is 15.3. The minimum absolute atomic E-state index is 0.212. The quantitative estimate of drug-likeness (QED) is 0.887. The maximum absolute atomic E-state index is 11.5. The third kappa shape index (κ3) is 3.86. The third-order valence-electron chi connectivity index (χ3n) is 2.62. The van der Waals surface area contributed by atoms with Crippen molar-refractivity contribution in [3.8, 4) is 0 Å². The number of primary amides is 1. The van der Waals surface area contributed by atoms with Crippen LogP contribution in [-0.2, 0) is 4.79 Å². The van der Waals surface area contributed by atoms with E-state index in [1.807, 2.05) is 20.8 Å². The Balaban J connectivity index is 3.37. The van der Waals surface area contributed by atoms with E-state index >= 15 is 0 Å². The van der Waals surface area contributed by atoms with Gasteiger partial charge in [-0.05, 0) is 39.0 Å². The van der Waals surface area contributed by atoms with E-state index in [2.05, 4.69) is 0 Å². The lowest BCUT2D eigenvalue weighted by molar-refractivity contribution is -0.135. The molecule has 1 aromatic carbocycles. The molecule has 0 bridgehead atoms. The zero-order valence-corrected chi connectivity index (χ0v) is 11.9. The van der Waals surface area contributed by atoms with E-state index in [-0.39, 0.29) is 12.1 Å². The molecule has 0 aliphatic carbocycles. The van der Waals surface area contributed by atoms with Gasteiger partial charge in [0.15, 0.2) is 0 Å². The fourth-order valence-corrected chi connectivity index (χ4v) is 1.93. The normalized spacial score (nSPS) is 11.2. The number of benzene rings is 1. The van der Waals surface area contributed by atoms with E-state index < -0.39 is 17.4 Å². The topological polar surface area (TPSA) is 83.6 Å². The molecule has 19 heavy (non-hydrogen) atoms. The van der Waals surface area contributed by atoms with E-state index in [9.17, 15) is 9.59 Å². The van der Waals surface area contributed by atoms with Gasteiger partial charge in [-0.2, -0.15) is 0 Å². The largest absolute Gasteiger partial charge is 0.480 e. The number of rotatable bonds is 4. The standard InChI is InChI=1S/C13H17ClN2O3/c1-13(2,3)16(7-11(17)18)10-5-4-8(14)6-9(10)12(15)19/h4-6H,7H2,1-3H3,(H2,15,19)(H,17,18). The lowest BCUT2D eigenvalue weighted by Gasteiger charge is -2.37. The van der Waals surface area contributed by atoms with Gasteiger partial charge in [0.05, 0.1) is 11.3 Å². The van der Waals surface area contributed by atoms with Crippen LogP contribution in [0.15, 0.2) is 18.2 Å². The summed E-state index contributed by atoms with van der Waals surface area (Å²) in [6.07, 6.45) is 0. The molecule has 0 spiro atoms. The summed E-state index contributed by atoms with van der Waals surface area (Å²) < 4.78 is 0. The summed E-state index contributed by atoms with van der Waals surface area (Å²) in [4.78, 5) is 24.1.